The average Bonchev–Trinajstić information content (AvgIpc) is 3.30. The van der Waals surface area contributed by atoms with Crippen molar-refractivity contribution < 1.29 is 0 Å². The lowest BCUT2D eigenvalue weighted by Crippen LogP contribution is -2.12. The van der Waals surface area contributed by atoms with Gasteiger partial charge in [-0.15, -0.1) is 0 Å². The molecule has 9 rings (SSSR count). The van der Waals surface area contributed by atoms with Gasteiger partial charge in [0.2, 0.25) is 0 Å². The molecule has 0 unspecified atom stereocenters. The summed E-state index contributed by atoms with van der Waals surface area (Å²) < 4.78 is 0. The number of hydrogen-bond donors (Lipinski definition) is 0. The van der Waals surface area contributed by atoms with Crippen LogP contribution in [-0.2, 0) is 25.7 Å². The summed E-state index contributed by atoms with van der Waals surface area (Å²) in [5, 5.41) is 4.93. The van der Waals surface area contributed by atoms with Crippen LogP contribution in [0.15, 0.2) is 182 Å². The predicted molar refractivity (Wildman–Crippen MR) is 305 cm³/mol. The monoisotopic (exact) mass is 917 g/mol. The van der Waals surface area contributed by atoms with Gasteiger partial charge in [0.05, 0.1) is 0 Å². The van der Waals surface area contributed by atoms with Gasteiger partial charge < -0.3 is 9.80 Å². The lowest BCUT2D eigenvalue weighted by molar-refractivity contribution is 0.636. The summed E-state index contributed by atoms with van der Waals surface area (Å²) >= 11 is 0. The summed E-state index contributed by atoms with van der Waals surface area (Å²) in [7, 11) is 0. The van der Waals surface area contributed by atoms with Gasteiger partial charge >= 0.3 is 0 Å². The van der Waals surface area contributed by atoms with Crippen LogP contribution < -0.4 is 9.80 Å². The standard InChI is InChI=1S/C68H72N2/c1-45(2)31-51-37-52(32-46(3)4)40-61(39-51)69(57-25-17-19-49(9)35-57)59-27-29-63-65(43-59)67(55-21-13-11-14-22-55)64-30-28-60(44-66(64)68(63)56-23-15-12-16-24-56)70(58-26-18-20-50(10)36-58)62-41-53(33-47(5)6)38-54(42-62)34-48(7)8/h11-30,35-48H,31-34H2,1-10H3. The summed E-state index contributed by atoms with van der Waals surface area (Å²) in [5.74, 6) is 2.20. The van der Waals surface area contributed by atoms with Crippen LogP contribution in [0.5, 0.6) is 0 Å². The highest BCUT2D eigenvalue weighted by Gasteiger charge is 2.23. The van der Waals surface area contributed by atoms with Crippen molar-refractivity contribution >= 4 is 55.7 Å². The van der Waals surface area contributed by atoms with Crippen LogP contribution in [0.3, 0.4) is 0 Å². The molecule has 0 N–H and O–H groups in total. The van der Waals surface area contributed by atoms with Crippen molar-refractivity contribution in [2.24, 2.45) is 23.7 Å². The molecule has 70 heavy (non-hydrogen) atoms. The number of benzene rings is 9. The zero-order valence-corrected chi connectivity index (χ0v) is 43.4. The van der Waals surface area contributed by atoms with Gasteiger partial charge in [-0.25, -0.2) is 0 Å². The highest BCUT2D eigenvalue weighted by molar-refractivity contribution is 6.22. The second kappa shape index (κ2) is 21.0. The second-order valence-corrected chi connectivity index (χ2v) is 21.7. The minimum Gasteiger partial charge on any atom is -0.310 e. The fourth-order valence-electron chi connectivity index (χ4n) is 10.8. The van der Waals surface area contributed by atoms with Crippen molar-refractivity contribution in [2.45, 2.75) is 94.9 Å². The first kappa shape index (κ1) is 48.1. The first-order valence-corrected chi connectivity index (χ1v) is 25.9. The molecule has 2 heteroatoms. The summed E-state index contributed by atoms with van der Waals surface area (Å²) in [5.41, 5.74) is 20.0. The van der Waals surface area contributed by atoms with Crippen LogP contribution in [0.4, 0.5) is 34.1 Å². The van der Waals surface area contributed by atoms with Gasteiger partial charge in [-0.1, -0.05) is 165 Å². The van der Waals surface area contributed by atoms with Gasteiger partial charge in [-0.05, 0) is 213 Å². The molecule has 0 amide bonds. The minimum absolute atomic E-state index is 0.551. The van der Waals surface area contributed by atoms with Crippen LogP contribution >= 0.6 is 0 Å². The van der Waals surface area contributed by atoms with Crippen molar-refractivity contribution in [1.82, 2.24) is 0 Å². The molecule has 0 saturated heterocycles. The van der Waals surface area contributed by atoms with E-state index in [1.165, 1.54) is 88.6 Å². The zero-order chi connectivity index (χ0) is 49.1. The molecule has 0 heterocycles. The van der Waals surface area contributed by atoms with E-state index < -0.39 is 0 Å². The Kier molecular flexibility index (Phi) is 14.4. The van der Waals surface area contributed by atoms with Crippen molar-refractivity contribution in [2.75, 3.05) is 9.80 Å². The number of hydrogen-bond acceptors (Lipinski definition) is 2. The van der Waals surface area contributed by atoms with Gasteiger partial charge in [0, 0.05) is 34.1 Å². The van der Waals surface area contributed by atoms with E-state index in [-0.39, 0.29) is 0 Å². The van der Waals surface area contributed by atoms with E-state index in [0.717, 1.165) is 48.4 Å². The second-order valence-electron chi connectivity index (χ2n) is 21.7. The van der Waals surface area contributed by atoms with Crippen LogP contribution in [0.2, 0.25) is 0 Å². The highest BCUT2D eigenvalue weighted by Crippen LogP contribution is 2.49. The molecule has 0 aliphatic heterocycles. The Bertz CT molecular complexity index is 2970. The van der Waals surface area contributed by atoms with Crippen molar-refractivity contribution in [3.8, 4) is 22.3 Å². The third kappa shape index (κ3) is 10.8. The molecule has 0 radical (unpaired) electrons. The van der Waals surface area contributed by atoms with E-state index in [1.807, 2.05) is 0 Å². The predicted octanol–water partition coefficient (Wildman–Crippen LogP) is 19.7. The number of rotatable bonds is 16. The lowest BCUT2D eigenvalue weighted by Gasteiger charge is -2.29. The topological polar surface area (TPSA) is 6.48 Å². The van der Waals surface area contributed by atoms with E-state index in [2.05, 4.69) is 261 Å². The summed E-state index contributed by atoms with van der Waals surface area (Å²) in [6.07, 6.45) is 4.15. The largest absolute Gasteiger partial charge is 0.310 e. The number of aryl methyl sites for hydroxylation is 2. The molecular formula is C68H72N2. The van der Waals surface area contributed by atoms with E-state index in [4.69, 9.17) is 0 Å². The molecular weight excluding hydrogens is 845 g/mol. The Hall–Kier alpha value is -6.90. The summed E-state index contributed by atoms with van der Waals surface area (Å²) in [6.45, 7) is 23.0. The van der Waals surface area contributed by atoms with Gasteiger partial charge in [-0.3, -0.25) is 0 Å². The molecule has 9 aromatic carbocycles. The number of anilines is 6. The quantitative estimate of drug-likeness (QED) is 0.0891. The van der Waals surface area contributed by atoms with Crippen LogP contribution in [0.25, 0.3) is 43.8 Å². The third-order valence-corrected chi connectivity index (χ3v) is 13.4. The van der Waals surface area contributed by atoms with Crippen molar-refractivity contribution in [1.29, 1.82) is 0 Å². The first-order valence-electron chi connectivity index (χ1n) is 25.9. The maximum atomic E-state index is 2.50. The summed E-state index contributed by atoms with van der Waals surface area (Å²) in [4.78, 5) is 5.01. The fraction of sp³-hybridized carbons (Fsp3) is 0.265. The zero-order valence-electron chi connectivity index (χ0n) is 43.4. The normalized spacial score (nSPS) is 11.7. The smallest absolute Gasteiger partial charge is 0.0468 e. The molecule has 0 saturated carbocycles. The number of fused-ring (bicyclic) bond motifs is 2. The summed E-state index contributed by atoms with van der Waals surface area (Å²) in [6, 6.07) is 69.4. The molecule has 0 spiro atoms. The Labute approximate surface area is 419 Å². The molecule has 9 aromatic rings. The van der Waals surface area contributed by atoms with Crippen LogP contribution in [0.1, 0.15) is 88.8 Å². The van der Waals surface area contributed by atoms with E-state index in [1.54, 1.807) is 0 Å². The Morgan fingerprint density at radius 3 is 0.929 bits per heavy atom. The lowest BCUT2D eigenvalue weighted by atomic mass is 9.85. The van der Waals surface area contributed by atoms with E-state index >= 15 is 0 Å². The van der Waals surface area contributed by atoms with Gasteiger partial charge in [-0.2, -0.15) is 0 Å². The molecule has 0 fully saturated rings. The van der Waals surface area contributed by atoms with Gasteiger partial charge in [0.25, 0.3) is 0 Å². The minimum atomic E-state index is 0.551. The average molecular weight is 917 g/mol. The molecule has 0 aliphatic carbocycles. The van der Waals surface area contributed by atoms with Crippen molar-refractivity contribution in [3.05, 3.63) is 215 Å². The highest BCUT2D eigenvalue weighted by atomic mass is 15.1. The van der Waals surface area contributed by atoms with Crippen molar-refractivity contribution in [3.63, 3.8) is 0 Å². The first-order chi connectivity index (χ1) is 33.8. The Morgan fingerprint density at radius 2 is 0.614 bits per heavy atom. The van der Waals surface area contributed by atoms with E-state index in [9.17, 15) is 0 Å². The van der Waals surface area contributed by atoms with E-state index in [0.29, 0.717) is 23.7 Å². The molecule has 2 nitrogen and oxygen atoms in total. The van der Waals surface area contributed by atoms with Gasteiger partial charge in [0.15, 0.2) is 0 Å². The molecule has 0 atom stereocenters. The fourth-order valence-corrected chi connectivity index (χ4v) is 10.8. The molecule has 0 aromatic heterocycles. The van der Waals surface area contributed by atoms with Crippen LogP contribution in [0, 0.1) is 37.5 Å². The Morgan fingerprint density at radius 1 is 0.286 bits per heavy atom. The molecule has 0 aliphatic rings. The third-order valence-electron chi connectivity index (χ3n) is 13.4. The number of nitrogens with zero attached hydrogens (tertiary/aromatic N) is 2. The van der Waals surface area contributed by atoms with Crippen LogP contribution in [-0.4, -0.2) is 0 Å². The Balaban J connectivity index is 1.35. The van der Waals surface area contributed by atoms with Gasteiger partial charge in [0.1, 0.15) is 0 Å². The SMILES string of the molecule is Cc1cccc(N(c2cc(CC(C)C)cc(CC(C)C)c2)c2ccc3c(-c4ccccc4)c4cc(N(c5cccc(C)c5)c5cc(CC(C)C)cc(CC(C)C)c5)ccc4c(-c4ccccc4)c3c2)c1. The molecule has 354 valence electrons. The molecule has 0 bridgehead atoms. The maximum Gasteiger partial charge on any atom is 0.0468 e. The maximum absolute atomic E-state index is 2.50.